The summed E-state index contributed by atoms with van der Waals surface area (Å²) in [5.41, 5.74) is 1.50. The van der Waals surface area contributed by atoms with Crippen molar-refractivity contribution in [1.29, 1.82) is 0 Å². The highest BCUT2D eigenvalue weighted by Crippen LogP contribution is 2.07. The lowest BCUT2D eigenvalue weighted by atomic mass is 10.4. The second kappa shape index (κ2) is 3.40. The molecule has 1 rings (SSSR count). The largest absolute Gasteiger partial charge is 0.384 e. The first-order valence-corrected chi connectivity index (χ1v) is 3.83. The highest BCUT2D eigenvalue weighted by atomic mass is 32.1. The van der Waals surface area contributed by atoms with Crippen molar-refractivity contribution in [2.75, 3.05) is 5.32 Å². The molecule has 0 saturated carbocycles. The van der Waals surface area contributed by atoms with Crippen molar-refractivity contribution >= 4 is 22.4 Å². The molecule has 0 spiro atoms. The van der Waals surface area contributed by atoms with Gasteiger partial charge >= 0.3 is 0 Å². The fourth-order valence-electron chi connectivity index (χ4n) is 0.437. The summed E-state index contributed by atoms with van der Waals surface area (Å²) in [6.07, 6.45) is -1.01. The minimum atomic E-state index is -1.01. The van der Waals surface area contributed by atoms with Gasteiger partial charge in [-0.2, -0.15) is 0 Å². The number of carbonyl (C=O) groups excluding carboxylic acids is 1. The van der Waals surface area contributed by atoms with Crippen LogP contribution in [0.3, 0.4) is 0 Å². The summed E-state index contributed by atoms with van der Waals surface area (Å²) in [5, 5.41) is 18.6. The van der Waals surface area contributed by atoms with Crippen LogP contribution >= 0.6 is 11.3 Å². The summed E-state index contributed by atoms with van der Waals surface area (Å²) in [6, 6.07) is 0. The van der Waals surface area contributed by atoms with Gasteiger partial charge in [0.25, 0.3) is 5.91 Å². The molecule has 60 valence electrons. The number of nitrogens with zero attached hydrogens (tertiary/aromatic N) is 2. The maximum absolute atomic E-state index is 10.8. The molecule has 1 aromatic rings. The Kier molecular flexibility index (Phi) is 2.50. The Balaban J connectivity index is 2.50. The van der Waals surface area contributed by atoms with Gasteiger partial charge in [-0.25, -0.2) is 0 Å². The predicted octanol–water partition coefficient (Wildman–Crippen LogP) is -0.143. The number of carbonyl (C=O) groups is 1. The second-order valence-electron chi connectivity index (χ2n) is 1.91. The number of aliphatic hydroxyl groups excluding tert-OH is 1. The number of aliphatic hydroxyl groups is 1. The Morgan fingerprint density at radius 2 is 2.64 bits per heavy atom. The average Bonchev–Trinajstić information content (AvgIpc) is 2.39. The minimum Gasteiger partial charge on any atom is -0.384 e. The number of amides is 1. The Hall–Kier alpha value is -1.01. The molecule has 0 aliphatic rings. The molecule has 0 radical (unpaired) electrons. The number of aromatic nitrogens is 2. The zero-order valence-electron chi connectivity index (χ0n) is 5.81. The molecule has 0 bridgehead atoms. The van der Waals surface area contributed by atoms with Crippen LogP contribution in [0.5, 0.6) is 0 Å². The maximum Gasteiger partial charge on any atom is 0.254 e. The van der Waals surface area contributed by atoms with Crippen molar-refractivity contribution in [3.8, 4) is 0 Å². The quantitative estimate of drug-likeness (QED) is 0.652. The molecule has 0 aromatic carbocycles. The molecule has 2 N–H and O–H groups in total. The lowest BCUT2D eigenvalue weighted by Crippen LogP contribution is -2.24. The third-order valence-electron chi connectivity index (χ3n) is 0.970. The van der Waals surface area contributed by atoms with Crippen molar-refractivity contribution in [3.63, 3.8) is 0 Å². The van der Waals surface area contributed by atoms with Gasteiger partial charge in [0.05, 0.1) is 0 Å². The Morgan fingerprint density at radius 1 is 1.91 bits per heavy atom. The molecule has 5 nitrogen and oxygen atoms in total. The average molecular weight is 173 g/mol. The summed E-state index contributed by atoms with van der Waals surface area (Å²) < 4.78 is 0. The van der Waals surface area contributed by atoms with Crippen LogP contribution in [-0.2, 0) is 4.79 Å². The summed E-state index contributed by atoms with van der Waals surface area (Å²) in [6.45, 7) is 1.39. The number of hydrogen-bond acceptors (Lipinski definition) is 5. The van der Waals surface area contributed by atoms with Crippen LogP contribution in [0.2, 0.25) is 0 Å². The molecule has 6 heteroatoms. The molecule has 0 unspecified atom stereocenters. The molecule has 1 aromatic heterocycles. The van der Waals surface area contributed by atoms with Crippen molar-refractivity contribution in [2.24, 2.45) is 0 Å². The van der Waals surface area contributed by atoms with Crippen molar-refractivity contribution < 1.29 is 9.90 Å². The first-order chi connectivity index (χ1) is 5.20. The molecule has 0 aliphatic heterocycles. The van der Waals surface area contributed by atoms with E-state index in [0.717, 1.165) is 0 Å². The second-order valence-corrected chi connectivity index (χ2v) is 2.74. The summed E-state index contributed by atoms with van der Waals surface area (Å²) in [4.78, 5) is 10.8. The Bertz CT molecular complexity index is 234. The fraction of sp³-hybridized carbons (Fsp3) is 0.400. The van der Waals surface area contributed by atoms with E-state index in [1.54, 1.807) is 0 Å². The van der Waals surface area contributed by atoms with E-state index in [9.17, 15) is 4.79 Å². The standard InChI is InChI=1S/C5H7N3O2S/c1-3(9)4(10)7-5-8-6-2-11-5/h2-3,9H,1H3,(H,7,8,10)/t3-/m0/s1. The van der Waals surface area contributed by atoms with Gasteiger partial charge in [0.2, 0.25) is 5.13 Å². The fourth-order valence-corrected chi connectivity index (χ4v) is 0.885. The van der Waals surface area contributed by atoms with Crippen molar-refractivity contribution in [1.82, 2.24) is 10.2 Å². The van der Waals surface area contributed by atoms with E-state index in [0.29, 0.717) is 5.13 Å². The normalized spacial score (nSPS) is 12.5. The lowest BCUT2D eigenvalue weighted by molar-refractivity contribution is -0.123. The number of rotatable bonds is 2. The van der Waals surface area contributed by atoms with Gasteiger partial charge in [0.15, 0.2) is 0 Å². The van der Waals surface area contributed by atoms with Crippen molar-refractivity contribution in [2.45, 2.75) is 13.0 Å². The molecule has 0 aliphatic carbocycles. The first kappa shape index (κ1) is 8.09. The third-order valence-corrected chi connectivity index (χ3v) is 1.58. The smallest absolute Gasteiger partial charge is 0.254 e. The molecule has 1 amide bonds. The van der Waals surface area contributed by atoms with Crippen LogP contribution in [0.15, 0.2) is 5.51 Å². The van der Waals surface area contributed by atoms with E-state index in [4.69, 9.17) is 5.11 Å². The summed E-state index contributed by atoms with van der Waals surface area (Å²) in [7, 11) is 0. The topological polar surface area (TPSA) is 75.1 Å². The molecule has 1 atom stereocenters. The number of nitrogens with one attached hydrogen (secondary N) is 1. The van der Waals surface area contributed by atoms with Crippen LogP contribution in [0.1, 0.15) is 6.92 Å². The van der Waals surface area contributed by atoms with Gasteiger partial charge in [0, 0.05) is 0 Å². The van der Waals surface area contributed by atoms with Gasteiger partial charge < -0.3 is 5.11 Å². The van der Waals surface area contributed by atoms with Crippen LogP contribution in [0, 0.1) is 0 Å². The zero-order valence-corrected chi connectivity index (χ0v) is 6.63. The molecule has 0 saturated heterocycles. The van der Waals surface area contributed by atoms with Gasteiger partial charge in [-0.3, -0.25) is 10.1 Å². The summed E-state index contributed by atoms with van der Waals surface area (Å²) in [5.74, 6) is -0.471. The zero-order chi connectivity index (χ0) is 8.27. The monoisotopic (exact) mass is 173 g/mol. The highest BCUT2D eigenvalue weighted by molar-refractivity contribution is 7.13. The predicted molar refractivity (Wildman–Crippen MR) is 40.2 cm³/mol. The van der Waals surface area contributed by atoms with E-state index in [1.165, 1.54) is 23.8 Å². The van der Waals surface area contributed by atoms with E-state index in [2.05, 4.69) is 15.5 Å². The lowest BCUT2D eigenvalue weighted by Gasteiger charge is -2.01. The molecular weight excluding hydrogens is 166 g/mol. The number of anilines is 1. The number of hydrogen-bond donors (Lipinski definition) is 2. The van der Waals surface area contributed by atoms with Crippen LogP contribution in [0.25, 0.3) is 0 Å². The van der Waals surface area contributed by atoms with E-state index in [-0.39, 0.29) is 0 Å². The van der Waals surface area contributed by atoms with Crippen LogP contribution < -0.4 is 5.32 Å². The maximum atomic E-state index is 10.8. The van der Waals surface area contributed by atoms with E-state index < -0.39 is 12.0 Å². The van der Waals surface area contributed by atoms with Gasteiger partial charge in [0.1, 0.15) is 11.6 Å². The SMILES string of the molecule is C[C@H](O)C(=O)Nc1nncs1. The van der Waals surface area contributed by atoms with Crippen LogP contribution in [0.4, 0.5) is 5.13 Å². The third kappa shape index (κ3) is 2.24. The molecule has 11 heavy (non-hydrogen) atoms. The van der Waals surface area contributed by atoms with E-state index >= 15 is 0 Å². The molecule has 1 heterocycles. The van der Waals surface area contributed by atoms with Crippen LogP contribution in [-0.4, -0.2) is 27.3 Å². The minimum absolute atomic E-state index is 0.399. The Labute approximate surface area is 67.1 Å². The highest BCUT2D eigenvalue weighted by Gasteiger charge is 2.09. The first-order valence-electron chi connectivity index (χ1n) is 2.95. The van der Waals surface area contributed by atoms with Gasteiger partial charge in [-0.05, 0) is 6.92 Å². The van der Waals surface area contributed by atoms with Gasteiger partial charge in [-0.1, -0.05) is 11.3 Å². The van der Waals surface area contributed by atoms with Gasteiger partial charge in [-0.15, -0.1) is 10.2 Å². The van der Waals surface area contributed by atoms with Crippen molar-refractivity contribution in [3.05, 3.63) is 5.51 Å². The molecule has 0 fully saturated rings. The summed E-state index contributed by atoms with van der Waals surface area (Å²) >= 11 is 1.20. The Morgan fingerprint density at radius 3 is 3.09 bits per heavy atom. The molecular formula is C5H7N3O2S. The van der Waals surface area contributed by atoms with E-state index in [1.807, 2.05) is 0 Å².